The third kappa shape index (κ3) is 4.35. The summed E-state index contributed by atoms with van der Waals surface area (Å²) < 4.78 is 10.7. The first-order valence-electron chi connectivity index (χ1n) is 7.01. The summed E-state index contributed by atoms with van der Waals surface area (Å²) in [6.07, 6.45) is 0.485. The van der Waals surface area contributed by atoms with E-state index in [2.05, 4.69) is 0 Å². The summed E-state index contributed by atoms with van der Waals surface area (Å²) in [5.74, 6) is 1.63. The van der Waals surface area contributed by atoms with Crippen molar-refractivity contribution in [2.24, 2.45) is 0 Å². The minimum absolute atomic E-state index is 0.0827. The van der Waals surface area contributed by atoms with Gasteiger partial charge in [0.15, 0.2) is 5.78 Å². The van der Waals surface area contributed by atoms with E-state index < -0.39 is 0 Å². The average molecular weight is 284 g/mol. The van der Waals surface area contributed by atoms with Gasteiger partial charge in [0.25, 0.3) is 0 Å². The number of Topliss-reactive ketones (excluding diaryl/α,β-unsaturated/α-hetero) is 1. The molecule has 0 aliphatic heterocycles. The van der Waals surface area contributed by atoms with E-state index in [4.69, 9.17) is 9.47 Å². The number of rotatable bonds is 6. The van der Waals surface area contributed by atoms with Crippen LogP contribution in [0.3, 0.4) is 0 Å². The van der Waals surface area contributed by atoms with E-state index in [1.807, 2.05) is 38.1 Å². The second kappa shape index (κ2) is 6.93. The molecule has 0 heterocycles. The van der Waals surface area contributed by atoms with Crippen LogP contribution in [0.25, 0.3) is 0 Å². The van der Waals surface area contributed by atoms with Crippen LogP contribution in [0.2, 0.25) is 0 Å². The first-order valence-corrected chi connectivity index (χ1v) is 7.01. The number of benzene rings is 2. The van der Waals surface area contributed by atoms with Gasteiger partial charge < -0.3 is 9.47 Å². The molecule has 21 heavy (non-hydrogen) atoms. The highest BCUT2D eigenvalue weighted by Crippen LogP contribution is 2.18. The summed E-state index contributed by atoms with van der Waals surface area (Å²) in [5, 5.41) is 0. The van der Waals surface area contributed by atoms with Crippen molar-refractivity contribution in [1.82, 2.24) is 0 Å². The molecule has 0 aliphatic carbocycles. The predicted octanol–water partition coefficient (Wildman–Crippen LogP) is 3.91. The van der Waals surface area contributed by atoms with Crippen LogP contribution in [0.1, 0.15) is 29.8 Å². The van der Waals surface area contributed by atoms with E-state index in [0.29, 0.717) is 12.0 Å². The molecular weight excluding hydrogens is 264 g/mol. The van der Waals surface area contributed by atoms with E-state index in [0.717, 1.165) is 17.1 Å². The molecule has 2 rings (SSSR count). The second-order valence-corrected chi connectivity index (χ2v) is 5.14. The fourth-order valence-electron chi connectivity index (χ4n) is 2.07. The van der Waals surface area contributed by atoms with Crippen LogP contribution in [0, 0.1) is 0 Å². The molecule has 3 heteroatoms. The summed E-state index contributed by atoms with van der Waals surface area (Å²) in [7, 11) is 1.61. The van der Waals surface area contributed by atoms with Gasteiger partial charge in [0.05, 0.1) is 13.2 Å². The third-order valence-electron chi connectivity index (χ3n) is 3.05. The summed E-state index contributed by atoms with van der Waals surface area (Å²) in [4.78, 5) is 12.3. The number of carbonyl (C=O) groups excluding carboxylic acids is 1. The maximum atomic E-state index is 12.3. The van der Waals surface area contributed by atoms with Crippen LogP contribution in [-0.4, -0.2) is 19.0 Å². The monoisotopic (exact) mass is 284 g/mol. The quantitative estimate of drug-likeness (QED) is 0.754. The van der Waals surface area contributed by atoms with E-state index in [1.165, 1.54) is 0 Å². The Kier molecular flexibility index (Phi) is 4.99. The van der Waals surface area contributed by atoms with Gasteiger partial charge >= 0.3 is 0 Å². The average Bonchev–Trinajstić information content (AvgIpc) is 2.47. The van der Waals surface area contributed by atoms with Crippen molar-refractivity contribution in [2.75, 3.05) is 7.11 Å². The van der Waals surface area contributed by atoms with Crippen molar-refractivity contribution in [2.45, 2.75) is 26.4 Å². The van der Waals surface area contributed by atoms with E-state index >= 15 is 0 Å². The molecule has 0 amide bonds. The van der Waals surface area contributed by atoms with E-state index in [9.17, 15) is 4.79 Å². The second-order valence-electron chi connectivity index (χ2n) is 5.14. The van der Waals surface area contributed by atoms with Crippen LogP contribution in [0.5, 0.6) is 11.5 Å². The van der Waals surface area contributed by atoms with Crippen LogP contribution >= 0.6 is 0 Å². The van der Waals surface area contributed by atoms with E-state index in [1.54, 1.807) is 31.4 Å². The lowest BCUT2D eigenvalue weighted by atomic mass is 10.0. The van der Waals surface area contributed by atoms with Crippen molar-refractivity contribution in [3.63, 3.8) is 0 Å². The van der Waals surface area contributed by atoms with Gasteiger partial charge in [0.1, 0.15) is 11.5 Å². The first-order chi connectivity index (χ1) is 10.1. The van der Waals surface area contributed by atoms with Crippen molar-refractivity contribution >= 4 is 5.78 Å². The van der Waals surface area contributed by atoms with Gasteiger partial charge in [-0.2, -0.15) is 0 Å². The normalized spacial score (nSPS) is 10.5. The number of hydrogen-bond acceptors (Lipinski definition) is 3. The number of ether oxygens (including phenoxy) is 2. The molecular formula is C18H20O3. The fraction of sp³-hybridized carbons (Fsp3) is 0.278. The number of hydrogen-bond donors (Lipinski definition) is 0. The Hall–Kier alpha value is -2.29. The van der Waals surface area contributed by atoms with E-state index in [-0.39, 0.29) is 11.9 Å². The molecule has 0 aromatic heterocycles. The van der Waals surface area contributed by atoms with Crippen LogP contribution in [0.4, 0.5) is 0 Å². The summed E-state index contributed by atoms with van der Waals surface area (Å²) >= 11 is 0. The lowest BCUT2D eigenvalue weighted by molar-refractivity contribution is 0.0993. The Morgan fingerprint density at radius 2 is 1.76 bits per heavy atom. The molecule has 0 fully saturated rings. The molecule has 0 saturated carbocycles. The molecule has 0 radical (unpaired) electrons. The minimum atomic E-state index is 0.0827. The maximum absolute atomic E-state index is 12.3. The molecule has 0 aliphatic rings. The van der Waals surface area contributed by atoms with Crippen molar-refractivity contribution in [3.8, 4) is 11.5 Å². The molecule has 0 unspecified atom stereocenters. The number of carbonyl (C=O) groups is 1. The molecule has 0 bridgehead atoms. The largest absolute Gasteiger partial charge is 0.497 e. The minimum Gasteiger partial charge on any atom is -0.497 e. The molecule has 0 N–H and O–H groups in total. The summed E-state index contributed by atoms with van der Waals surface area (Å²) in [5.41, 5.74) is 1.64. The first kappa shape index (κ1) is 15.1. The SMILES string of the molecule is COc1ccc(C(=O)Cc2cccc(OC(C)C)c2)cc1. The highest BCUT2D eigenvalue weighted by atomic mass is 16.5. The lowest BCUT2D eigenvalue weighted by Crippen LogP contribution is -2.07. The smallest absolute Gasteiger partial charge is 0.167 e. The summed E-state index contributed by atoms with van der Waals surface area (Å²) in [6, 6.07) is 14.8. The van der Waals surface area contributed by atoms with Crippen molar-refractivity contribution < 1.29 is 14.3 Å². The zero-order valence-corrected chi connectivity index (χ0v) is 12.6. The van der Waals surface area contributed by atoms with Crippen LogP contribution < -0.4 is 9.47 Å². The Balaban J connectivity index is 2.07. The molecule has 0 saturated heterocycles. The Bertz CT molecular complexity index is 600. The molecule has 0 atom stereocenters. The highest BCUT2D eigenvalue weighted by Gasteiger charge is 2.08. The highest BCUT2D eigenvalue weighted by molar-refractivity contribution is 5.97. The lowest BCUT2D eigenvalue weighted by Gasteiger charge is -2.10. The number of ketones is 1. The molecule has 2 aromatic carbocycles. The molecule has 2 aromatic rings. The van der Waals surface area contributed by atoms with Crippen molar-refractivity contribution in [3.05, 3.63) is 59.7 Å². The van der Waals surface area contributed by atoms with Gasteiger partial charge in [-0.25, -0.2) is 0 Å². The molecule has 3 nitrogen and oxygen atoms in total. The Morgan fingerprint density at radius 1 is 1.05 bits per heavy atom. The van der Waals surface area contributed by atoms with Gasteiger partial charge in [-0.15, -0.1) is 0 Å². The van der Waals surface area contributed by atoms with Crippen LogP contribution in [0.15, 0.2) is 48.5 Å². The van der Waals surface area contributed by atoms with Crippen molar-refractivity contribution in [1.29, 1.82) is 0 Å². The standard InChI is InChI=1S/C18H20O3/c1-13(2)21-17-6-4-5-14(11-17)12-18(19)15-7-9-16(20-3)10-8-15/h4-11,13H,12H2,1-3H3. The molecule has 110 valence electrons. The van der Waals surface area contributed by atoms with Gasteiger partial charge in [0.2, 0.25) is 0 Å². The predicted molar refractivity (Wildman–Crippen MR) is 83.2 cm³/mol. The third-order valence-corrected chi connectivity index (χ3v) is 3.05. The van der Waals surface area contributed by atoms with Gasteiger partial charge in [-0.3, -0.25) is 4.79 Å². The zero-order chi connectivity index (χ0) is 15.2. The summed E-state index contributed by atoms with van der Waals surface area (Å²) in [6.45, 7) is 3.96. The van der Waals surface area contributed by atoms with Crippen LogP contribution in [-0.2, 0) is 6.42 Å². The number of methoxy groups -OCH3 is 1. The molecule has 0 spiro atoms. The van der Waals surface area contributed by atoms with Gasteiger partial charge in [0, 0.05) is 12.0 Å². The Morgan fingerprint density at radius 3 is 2.38 bits per heavy atom. The zero-order valence-electron chi connectivity index (χ0n) is 12.6. The topological polar surface area (TPSA) is 35.5 Å². The van der Waals surface area contributed by atoms with Gasteiger partial charge in [-0.1, -0.05) is 12.1 Å². The Labute approximate surface area is 125 Å². The van der Waals surface area contributed by atoms with Gasteiger partial charge in [-0.05, 0) is 55.8 Å². The maximum Gasteiger partial charge on any atom is 0.167 e. The fourth-order valence-corrected chi connectivity index (χ4v) is 2.07.